The van der Waals surface area contributed by atoms with Crippen LogP contribution >= 0.6 is 0 Å². The van der Waals surface area contributed by atoms with Crippen LogP contribution in [0.1, 0.15) is 18.1 Å². The van der Waals surface area contributed by atoms with E-state index in [1.807, 2.05) is 43.3 Å². The predicted octanol–water partition coefficient (Wildman–Crippen LogP) is 2.94. The molecule has 2 aromatic carbocycles. The second-order valence-corrected chi connectivity index (χ2v) is 8.31. The lowest BCUT2D eigenvalue weighted by molar-refractivity contribution is -0.128. The number of piperazine rings is 1. The Morgan fingerprint density at radius 2 is 1.52 bits per heavy atom. The molecule has 0 saturated carbocycles. The number of imide groups is 1. The van der Waals surface area contributed by atoms with Crippen molar-refractivity contribution in [2.45, 2.75) is 26.4 Å². The monoisotopic (exact) mass is 422 g/mol. The van der Waals surface area contributed by atoms with Crippen molar-refractivity contribution in [3.8, 4) is 5.75 Å². The lowest BCUT2D eigenvalue weighted by Crippen LogP contribution is -2.51. The first-order chi connectivity index (χ1) is 15.0. The highest BCUT2D eigenvalue weighted by atomic mass is 16.5. The summed E-state index contributed by atoms with van der Waals surface area (Å²) >= 11 is 0. The molecule has 0 N–H and O–H groups in total. The van der Waals surface area contributed by atoms with Gasteiger partial charge in [0.1, 0.15) is 11.8 Å². The molecule has 0 radical (unpaired) electrons. The van der Waals surface area contributed by atoms with Gasteiger partial charge in [-0.3, -0.25) is 19.5 Å². The summed E-state index contributed by atoms with van der Waals surface area (Å²) in [5.74, 6) is 0.730. The lowest BCUT2D eigenvalue weighted by Gasteiger charge is -2.36. The number of benzene rings is 2. The van der Waals surface area contributed by atoms with Crippen LogP contribution in [0.2, 0.25) is 0 Å². The van der Waals surface area contributed by atoms with Crippen LogP contribution in [0.15, 0.2) is 48.5 Å². The van der Waals surface area contributed by atoms with Gasteiger partial charge in [-0.15, -0.1) is 0 Å². The minimum Gasteiger partial charge on any atom is -0.497 e. The van der Waals surface area contributed by atoms with Crippen molar-refractivity contribution in [2.24, 2.45) is 0 Å². The molecule has 3 amide bonds. The summed E-state index contributed by atoms with van der Waals surface area (Å²) in [6.07, 6.45) is 0. The fraction of sp³-hybridized carbons (Fsp3) is 0.417. The fourth-order valence-corrected chi connectivity index (χ4v) is 4.17. The van der Waals surface area contributed by atoms with Crippen LogP contribution in [0.5, 0.6) is 5.75 Å². The summed E-state index contributed by atoms with van der Waals surface area (Å²) in [4.78, 5) is 33.4. The molecule has 2 fully saturated rings. The summed E-state index contributed by atoms with van der Waals surface area (Å²) in [6, 6.07) is 15.2. The third-order valence-electron chi connectivity index (χ3n) is 6.13. The van der Waals surface area contributed by atoms with Crippen LogP contribution < -0.4 is 9.64 Å². The molecule has 2 aliphatic heterocycles. The Balaban J connectivity index is 1.33. The Bertz CT molecular complexity index is 921. The molecule has 2 heterocycles. The number of ether oxygens (including phenoxy) is 1. The van der Waals surface area contributed by atoms with Gasteiger partial charge in [-0.05, 0) is 43.7 Å². The lowest BCUT2D eigenvalue weighted by atomic mass is 10.2. The number of aryl methyl sites for hydroxylation is 1. The van der Waals surface area contributed by atoms with E-state index < -0.39 is 6.04 Å². The average Bonchev–Trinajstić information content (AvgIpc) is 2.99. The van der Waals surface area contributed by atoms with Crippen molar-refractivity contribution < 1.29 is 14.3 Å². The Morgan fingerprint density at radius 3 is 2.13 bits per heavy atom. The van der Waals surface area contributed by atoms with Gasteiger partial charge in [0, 0.05) is 38.4 Å². The van der Waals surface area contributed by atoms with Crippen LogP contribution in [0, 0.1) is 6.92 Å². The van der Waals surface area contributed by atoms with E-state index in [0.717, 1.165) is 49.7 Å². The molecule has 0 unspecified atom stereocenters. The van der Waals surface area contributed by atoms with Crippen molar-refractivity contribution in [3.63, 3.8) is 0 Å². The summed E-state index contributed by atoms with van der Waals surface area (Å²) < 4.78 is 5.22. The highest BCUT2D eigenvalue weighted by molar-refractivity contribution is 6.14. The molecule has 7 heteroatoms. The maximum absolute atomic E-state index is 13.0. The summed E-state index contributed by atoms with van der Waals surface area (Å²) in [7, 11) is 1.67. The second kappa shape index (κ2) is 9.08. The minimum atomic E-state index is -0.480. The first-order valence-electron chi connectivity index (χ1n) is 10.7. The number of hydrogen-bond donors (Lipinski definition) is 0. The smallest absolute Gasteiger partial charge is 0.333 e. The zero-order valence-corrected chi connectivity index (χ0v) is 18.5. The molecular weight excluding hydrogens is 392 g/mol. The molecule has 31 heavy (non-hydrogen) atoms. The first kappa shape index (κ1) is 21.3. The topological polar surface area (TPSA) is 56.3 Å². The Hall–Kier alpha value is -2.90. The van der Waals surface area contributed by atoms with E-state index in [2.05, 4.69) is 21.9 Å². The van der Waals surface area contributed by atoms with E-state index in [0.29, 0.717) is 6.67 Å². The number of urea groups is 1. The zero-order valence-electron chi connectivity index (χ0n) is 18.5. The molecule has 4 rings (SSSR count). The molecular formula is C24H30N4O3. The molecule has 0 bridgehead atoms. The van der Waals surface area contributed by atoms with Gasteiger partial charge in [-0.2, -0.15) is 0 Å². The minimum absolute atomic E-state index is 0.133. The number of methoxy groups -OCH3 is 1. The molecule has 0 aliphatic carbocycles. The van der Waals surface area contributed by atoms with Gasteiger partial charge in [0.25, 0.3) is 5.91 Å². The molecule has 2 aliphatic rings. The summed E-state index contributed by atoms with van der Waals surface area (Å²) in [5.41, 5.74) is 3.14. The van der Waals surface area contributed by atoms with Crippen LogP contribution in [0.4, 0.5) is 10.5 Å². The first-order valence-corrected chi connectivity index (χ1v) is 10.7. The predicted molar refractivity (Wildman–Crippen MR) is 120 cm³/mol. The maximum atomic E-state index is 13.0. The number of carbonyl (C=O) groups excluding carboxylic acids is 2. The van der Waals surface area contributed by atoms with Crippen molar-refractivity contribution in [3.05, 3.63) is 59.7 Å². The zero-order chi connectivity index (χ0) is 22.0. The van der Waals surface area contributed by atoms with Crippen LogP contribution in [-0.2, 0) is 11.3 Å². The summed E-state index contributed by atoms with van der Waals surface area (Å²) in [5, 5.41) is 0. The standard InChI is InChI=1S/C24H30N4O3/c1-18-4-8-21(9-5-18)28-19(2)23(29)27(24(28)30)17-26-14-12-25(13-15-26)16-20-6-10-22(31-3)11-7-20/h4-11,19H,12-17H2,1-3H3/t19-/m0/s1. The maximum Gasteiger partial charge on any atom is 0.333 e. The number of nitrogens with zero attached hydrogens (tertiary/aromatic N) is 4. The van der Waals surface area contributed by atoms with E-state index in [-0.39, 0.29) is 11.9 Å². The van der Waals surface area contributed by atoms with Crippen molar-refractivity contribution in [1.82, 2.24) is 14.7 Å². The van der Waals surface area contributed by atoms with Crippen molar-refractivity contribution >= 4 is 17.6 Å². The van der Waals surface area contributed by atoms with E-state index in [9.17, 15) is 9.59 Å². The molecule has 7 nitrogen and oxygen atoms in total. The Morgan fingerprint density at radius 1 is 0.903 bits per heavy atom. The summed E-state index contributed by atoms with van der Waals surface area (Å²) in [6.45, 7) is 8.49. The molecule has 2 aromatic rings. The largest absolute Gasteiger partial charge is 0.497 e. The van der Waals surface area contributed by atoms with E-state index in [1.165, 1.54) is 10.5 Å². The highest BCUT2D eigenvalue weighted by Gasteiger charge is 2.44. The van der Waals surface area contributed by atoms with Gasteiger partial charge in [0.15, 0.2) is 0 Å². The van der Waals surface area contributed by atoms with E-state index in [1.54, 1.807) is 18.9 Å². The number of anilines is 1. The Kier molecular flexibility index (Phi) is 6.25. The molecule has 1 atom stereocenters. The van der Waals surface area contributed by atoms with Gasteiger partial charge >= 0.3 is 6.03 Å². The number of rotatable bonds is 6. The van der Waals surface area contributed by atoms with Gasteiger partial charge in [0.2, 0.25) is 0 Å². The molecule has 2 saturated heterocycles. The van der Waals surface area contributed by atoms with Gasteiger partial charge in [0.05, 0.1) is 13.8 Å². The normalized spacial score (nSPS) is 20.5. The SMILES string of the molecule is COc1ccc(CN2CCN(CN3C(=O)[C@H](C)N(c4ccc(C)cc4)C3=O)CC2)cc1. The molecule has 0 aromatic heterocycles. The fourth-order valence-electron chi connectivity index (χ4n) is 4.17. The van der Waals surface area contributed by atoms with Crippen LogP contribution in [0.25, 0.3) is 0 Å². The highest BCUT2D eigenvalue weighted by Crippen LogP contribution is 2.26. The van der Waals surface area contributed by atoms with Crippen LogP contribution in [0.3, 0.4) is 0 Å². The van der Waals surface area contributed by atoms with E-state index in [4.69, 9.17) is 4.74 Å². The molecule has 0 spiro atoms. The number of amides is 3. The second-order valence-electron chi connectivity index (χ2n) is 8.31. The van der Waals surface area contributed by atoms with Crippen molar-refractivity contribution in [1.29, 1.82) is 0 Å². The quantitative estimate of drug-likeness (QED) is 0.670. The third-order valence-corrected chi connectivity index (χ3v) is 6.13. The van der Waals surface area contributed by atoms with E-state index >= 15 is 0 Å². The Labute approximate surface area is 183 Å². The van der Waals surface area contributed by atoms with Gasteiger partial charge in [-0.25, -0.2) is 9.69 Å². The van der Waals surface area contributed by atoms with Crippen molar-refractivity contribution in [2.75, 3.05) is 44.9 Å². The number of hydrogen-bond acceptors (Lipinski definition) is 5. The number of carbonyl (C=O) groups is 2. The average molecular weight is 423 g/mol. The van der Waals surface area contributed by atoms with Gasteiger partial charge in [-0.1, -0.05) is 29.8 Å². The van der Waals surface area contributed by atoms with Gasteiger partial charge < -0.3 is 4.74 Å². The third kappa shape index (κ3) is 4.57. The van der Waals surface area contributed by atoms with Crippen LogP contribution in [-0.4, -0.2) is 72.6 Å². The molecule has 164 valence electrons.